The molecule has 0 aromatic rings. The Hall–Kier alpha value is -0.246. The van der Waals surface area contributed by atoms with E-state index in [1.54, 1.807) is 0 Å². The van der Waals surface area contributed by atoms with Gasteiger partial charge < -0.3 is 74.7 Å². The Morgan fingerprint density at radius 1 is 0.600 bits per heavy atom. The number of rotatable bonds is 37. The van der Waals surface area contributed by atoms with Crippen molar-refractivity contribution in [2.45, 2.75) is 82.8 Å². The molecule has 4 unspecified atom stereocenters. The first kappa shape index (κ1) is 49.8. The van der Waals surface area contributed by atoms with Crippen LogP contribution in [0.3, 0.4) is 0 Å². The van der Waals surface area contributed by atoms with E-state index in [1.807, 2.05) is 4.90 Å². The largest absolute Gasteiger partial charge is 0.492 e. The summed E-state index contributed by atoms with van der Waals surface area (Å²) in [4.78, 5) is 58.8. The van der Waals surface area contributed by atoms with Gasteiger partial charge in [0.1, 0.15) is 0 Å². The first-order chi connectivity index (χ1) is 23.7. The van der Waals surface area contributed by atoms with Gasteiger partial charge in [-0.05, 0) is 25.2 Å². The van der Waals surface area contributed by atoms with Crippen molar-refractivity contribution in [3.05, 3.63) is 0 Å². The van der Waals surface area contributed by atoms with Gasteiger partial charge in [0.05, 0.1) is 38.1 Å². The third kappa shape index (κ3) is 33.6. The minimum Gasteiger partial charge on any atom is -0.390 e. The number of aliphatic hydroxyl groups excluding tert-OH is 3. The van der Waals surface area contributed by atoms with Crippen LogP contribution in [0.1, 0.15) is 52.4 Å². The molecule has 4 atom stereocenters. The van der Waals surface area contributed by atoms with Gasteiger partial charge in [0.15, 0.2) is 0 Å². The number of hydrogen-bond acceptors (Lipinski definition) is 17. The Bertz CT molecular complexity index is 730. The summed E-state index contributed by atoms with van der Waals surface area (Å²) in [6, 6.07) is -0.309. The van der Waals surface area contributed by atoms with E-state index >= 15 is 0 Å². The summed E-state index contributed by atoms with van der Waals surface area (Å²) in [6.45, 7) is 11.5. The Labute approximate surface area is 302 Å². The van der Waals surface area contributed by atoms with Crippen molar-refractivity contribution in [3.63, 3.8) is 0 Å². The fraction of sp³-hybridized carbons (Fsp3) is 1.00. The summed E-state index contributed by atoms with van der Waals surface area (Å²) in [7, 11) is -8.26. The Morgan fingerprint density at radius 3 is 1.48 bits per heavy atom. The first-order valence-corrected chi connectivity index (χ1v) is 22.5. The van der Waals surface area contributed by atoms with Crippen molar-refractivity contribution in [1.29, 1.82) is 0 Å². The number of unbranched alkanes of at least 4 members (excludes halogenated alkanes) is 1. The van der Waals surface area contributed by atoms with Gasteiger partial charge in [-0.15, -0.1) is 0 Å². The van der Waals surface area contributed by atoms with Gasteiger partial charge >= 0.3 is 17.6 Å². The summed E-state index contributed by atoms with van der Waals surface area (Å²) < 4.78 is 16.7. The van der Waals surface area contributed by atoms with Crippen LogP contribution in [0.4, 0.5) is 0 Å². The molecule has 0 aliphatic carbocycles. The number of nitrogens with one attached hydrogen (secondary N) is 2. The molecule has 13 N–H and O–H groups in total. The molecule has 50 heavy (non-hydrogen) atoms. The van der Waals surface area contributed by atoms with E-state index in [0.717, 1.165) is 32.4 Å². The van der Waals surface area contributed by atoms with E-state index in [2.05, 4.69) is 29.4 Å². The van der Waals surface area contributed by atoms with Gasteiger partial charge in [0.25, 0.3) is 0 Å². The molecule has 0 rings (SSSR count). The molecular formula is C31H73N5O12Si2. The van der Waals surface area contributed by atoms with E-state index in [1.165, 1.54) is 6.42 Å². The second-order valence-electron chi connectivity index (χ2n) is 13.2. The molecule has 19 heteroatoms. The maximum absolute atomic E-state index is 10.7. The van der Waals surface area contributed by atoms with Crippen LogP contribution in [0.5, 0.6) is 0 Å². The molecule has 0 aromatic heterocycles. The topological polar surface area (TPSA) is 266 Å². The highest BCUT2D eigenvalue weighted by molar-refractivity contribution is 6.56. The zero-order valence-corrected chi connectivity index (χ0v) is 32.7. The Kier molecular flexibility index (Phi) is 31.0. The Morgan fingerprint density at radius 2 is 1.04 bits per heavy atom. The van der Waals surface area contributed by atoms with E-state index in [0.29, 0.717) is 58.3 Å². The second-order valence-corrected chi connectivity index (χ2v) is 17.3. The lowest BCUT2D eigenvalue weighted by atomic mass is 10.0. The number of aliphatic hydroxyl groups is 3. The number of nitrogens with two attached hydrogens (primary N) is 1. The molecule has 0 radical (unpaired) electrons. The smallest absolute Gasteiger partial charge is 0.390 e. The standard InChI is InChI=1S/C31H73N5O12Si2/c1-3-5-8-28(4-2)24-48-27-29(37)21-35(14-11-33-10-9-32)15-12-34-13-16-36(22-30(38)25-46-17-6-19-49(40,41)42)23-31(39)26-47-18-7-20-50(43,44)45/h28-31,33-34,37-45H,3-27,32H2,1-2H3. The van der Waals surface area contributed by atoms with Crippen LogP contribution in [0.25, 0.3) is 0 Å². The van der Waals surface area contributed by atoms with Gasteiger partial charge in [-0.1, -0.05) is 33.1 Å². The summed E-state index contributed by atoms with van der Waals surface area (Å²) in [6.07, 6.45) is 2.62. The van der Waals surface area contributed by atoms with E-state index in [4.69, 9.17) is 48.7 Å². The van der Waals surface area contributed by atoms with Crippen LogP contribution in [-0.4, -0.2) is 201 Å². The summed E-state index contributed by atoms with van der Waals surface area (Å²) in [5.41, 5.74) is 5.61. The van der Waals surface area contributed by atoms with E-state index in [9.17, 15) is 15.3 Å². The summed E-state index contributed by atoms with van der Waals surface area (Å²) >= 11 is 0. The lowest BCUT2D eigenvalue weighted by Gasteiger charge is -2.28. The molecule has 0 fully saturated rings. The third-order valence-corrected chi connectivity index (χ3v) is 10.0. The number of hydrogen-bond donors (Lipinski definition) is 12. The highest BCUT2D eigenvalue weighted by atomic mass is 28.4. The predicted octanol–water partition coefficient (Wildman–Crippen LogP) is -3.31. The molecule has 0 saturated carbocycles. The zero-order valence-electron chi connectivity index (χ0n) is 30.7. The molecular weight excluding hydrogens is 691 g/mol. The average Bonchev–Trinajstić information content (AvgIpc) is 3.02. The van der Waals surface area contributed by atoms with Crippen LogP contribution >= 0.6 is 0 Å². The molecule has 17 nitrogen and oxygen atoms in total. The number of ether oxygens (including phenoxy) is 3. The minimum atomic E-state index is -4.13. The number of nitrogens with zero attached hydrogens (tertiary/aromatic N) is 2. The summed E-state index contributed by atoms with van der Waals surface area (Å²) in [5, 5.41) is 38.6. The average molecular weight is 764 g/mol. The van der Waals surface area contributed by atoms with Crippen LogP contribution in [-0.2, 0) is 14.2 Å². The van der Waals surface area contributed by atoms with Crippen molar-refractivity contribution in [2.24, 2.45) is 11.7 Å². The highest BCUT2D eigenvalue weighted by Gasteiger charge is 2.26. The SMILES string of the molecule is CCCCC(CC)COCC(O)CN(CCNCCN)CCNCCN(CC(O)COCCC[Si](O)(O)O)CC(O)COCCC[Si](O)(O)O. The van der Waals surface area contributed by atoms with Crippen molar-refractivity contribution in [1.82, 2.24) is 20.4 Å². The molecule has 302 valence electrons. The van der Waals surface area contributed by atoms with Crippen molar-refractivity contribution < 1.29 is 58.3 Å². The van der Waals surface area contributed by atoms with Crippen LogP contribution in [0.2, 0.25) is 12.1 Å². The third-order valence-electron chi connectivity index (χ3n) is 7.97. The van der Waals surface area contributed by atoms with Gasteiger partial charge in [-0.3, -0.25) is 9.80 Å². The van der Waals surface area contributed by atoms with E-state index < -0.39 is 35.9 Å². The molecule has 0 bridgehead atoms. The molecule has 0 aromatic carbocycles. The van der Waals surface area contributed by atoms with Crippen molar-refractivity contribution in [2.75, 3.05) is 112 Å². The predicted molar refractivity (Wildman–Crippen MR) is 195 cm³/mol. The van der Waals surface area contributed by atoms with Crippen molar-refractivity contribution in [3.8, 4) is 0 Å². The molecule has 0 aliphatic rings. The monoisotopic (exact) mass is 763 g/mol. The van der Waals surface area contributed by atoms with Crippen LogP contribution in [0, 0.1) is 5.92 Å². The first-order valence-electron chi connectivity index (χ1n) is 18.4. The van der Waals surface area contributed by atoms with Crippen molar-refractivity contribution >= 4 is 17.6 Å². The molecule has 0 heterocycles. The quantitative estimate of drug-likeness (QED) is 0.0218. The maximum atomic E-state index is 10.7. The normalized spacial score (nSPS) is 15.2. The fourth-order valence-corrected chi connectivity index (χ4v) is 6.44. The maximum Gasteiger partial charge on any atom is 0.492 e. The molecule has 0 saturated heterocycles. The van der Waals surface area contributed by atoms with Gasteiger partial charge in [-0.25, -0.2) is 0 Å². The molecule has 0 spiro atoms. The lowest BCUT2D eigenvalue weighted by Crippen LogP contribution is -2.45. The van der Waals surface area contributed by atoms with Crippen LogP contribution in [0.15, 0.2) is 0 Å². The van der Waals surface area contributed by atoms with Gasteiger partial charge in [0.2, 0.25) is 0 Å². The molecule has 0 aliphatic heterocycles. The van der Waals surface area contributed by atoms with Crippen LogP contribution < -0.4 is 16.4 Å². The Balaban J connectivity index is 4.89. The second kappa shape index (κ2) is 31.1. The van der Waals surface area contributed by atoms with Gasteiger partial charge in [-0.2, -0.15) is 0 Å². The summed E-state index contributed by atoms with van der Waals surface area (Å²) in [5.74, 6) is 0.510. The minimum absolute atomic E-state index is 0.0144. The lowest BCUT2D eigenvalue weighted by molar-refractivity contribution is -0.0101. The zero-order chi connectivity index (χ0) is 37.7. The fourth-order valence-electron chi connectivity index (χ4n) is 5.20. The highest BCUT2D eigenvalue weighted by Crippen LogP contribution is 2.13. The molecule has 0 amide bonds. The van der Waals surface area contributed by atoms with E-state index in [-0.39, 0.29) is 71.1 Å². The van der Waals surface area contributed by atoms with Gasteiger partial charge in [0, 0.05) is 104 Å².